The Morgan fingerprint density at radius 2 is 1.75 bits per heavy atom. The lowest BCUT2D eigenvalue weighted by molar-refractivity contribution is -0.132. The molecular weight excluding hydrogens is 254 g/mol. The van der Waals surface area contributed by atoms with E-state index < -0.39 is 6.04 Å². The maximum Gasteiger partial charge on any atom is 0.241 e. The molecule has 2 fully saturated rings. The molecule has 3 atom stereocenters. The summed E-state index contributed by atoms with van der Waals surface area (Å²) >= 11 is 0. The van der Waals surface area contributed by atoms with Crippen molar-refractivity contribution >= 4 is 11.8 Å². The number of carbonyl (C=O) groups excluding carboxylic acids is 2. The number of hydrogen-bond donors (Lipinski definition) is 2. The van der Waals surface area contributed by atoms with Gasteiger partial charge >= 0.3 is 0 Å². The molecule has 0 aromatic rings. The Bertz CT molecular complexity index is 356. The van der Waals surface area contributed by atoms with Crippen LogP contribution in [0.5, 0.6) is 0 Å². The van der Waals surface area contributed by atoms with E-state index in [2.05, 4.69) is 5.32 Å². The van der Waals surface area contributed by atoms with Crippen LogP contribution in [0.1, 0.15) is 39.5 Å². The zero-order valence-electron chi connectivity index (χ0n) is 12.6. The largest absolute Gasteiger partial charge is 0.346 e. The van der Waals surface area contributed by atoms with Gasteiger partial charge in [-0.1, -0.05) is 26.7 Å². The molecule has 0 aromatic heterocycles. The summed E-state index contributed by atoms with van der Waals surface area (Å²) in [7, 11) is 0. The van der Waals surface area contributed by atoms with Crippen LogP contribution in [0.15, 0.2) is 0 Å². The average Bonchev–Trinajstić information content (AvgIpc) is 2.87. The van der Waals surface area contributed by atoms with Crippen molar-refractivity contribution in [2.45, 2.75) is 45.6 Å². The standard InChI is InChI=1S/C15H27N3O2/c1-10(2)14(16)15(20)17-7-13(19)18-8-11-5-3-4-6-12(11)9-18/h10-12,14H,3-9,16H2,1-2H3,(H,17,20)/t11?,12?,14-/m0/s1. The summed E-state index contributed by atoms with van der Waals surface area (Å²) in [5.74, 6) is 1.25. The summed E-state index contributed by atoms with van der Waals surface area (Å²) in [5, 5.41) is 2.67. The Morgan fingerprint density at radius 3 is 2.25 bits per heavy atom. The number of carbonyl (C=O) groups is 2. The highest BCUT2D eigenvalue weighted by atomic mass is 16.2. The van der Waals surface area contributed by atoms with E-state index in [9.17, 15) is 9.59 Å². The monoisotopic (exact) mass is 281 g/mol. The maximum absolute atomic E-state index is 12.2. The van der Waals surface area contributed by atoms with E-state index in [0.29, 0.717) is 11.8 Å². The molecule has 0 radical (unpaired) electrons. The second kappa shape index (κ2) is 6.57. The number of nitrogens with one attached hydrogen (secondary N) is 1. The summed E-state index contributed by atoms with van der Waals surface area (Å²) in [5.41, 5.74) is 5.76. The molecule has 2 aliphatic rings. The number of hydrogen-bond acceptors (Lipinski definition) is 3. The summed E-state index contributed by atoms with van der Waals surface area (Å²) in [4.78, 5) is 25.8. The lowest BCUT2D eigenvalue weighted by atomic mass is 9.82. The van der Waals surface area contributed by atoms with Crippen molar-refractivity contribution in [1.29, 1.82) is 0 Å². The van der Waals surface area contributed by atoms with Crippen molar-refractivity contribution in [2.24, 2.45) is 23.5 Å². The fourth-order valence-electron chi connectivity index (χ4n) is 3.30. The highest BCUT2D eigenvalue weighted by Gasteiger charge is 2.36. The Balaban J connectivity index is 1.77. The molecule has 0 aromatic carbocycles. The van der Waals surface area contributed by atoms with Crippen molar-refractivity contribution < 1.29 is 9.59 Å². The third kappa shape index (κ3) is 3.51. The summed E-state index contributed by atoms with van der Waals surface area (Å²) < 4.78 is 0. The molecule has 20 heavy (non-hydrogen) atoms. The van der Waals surface area contributed by atoms with E-state index in [1.165, 1.54) is 25.7 Å². The van der Waals surface area contributed by atoms with E-state index in [1.54, 1.807) is 0 Å². The van der Waals surface area contributed by atoms with Crippen molar-refractivity contribution in [3.8, 4) is 0 Å². The van der Waals surface area contributed by atoms with Gasteiger partial charge in [-0.25, -0.2) is 0 Å². The second-order valence-corrected chi connectivity index (χ2v) is 6.59. The van der Waals surface area contributed by atoms with Crippen molar-refractivity contribution in [2.75, 3.05) is 19.6 Å². The number of amides is 2. The average molecular weight is 281 g/mol. The lowest BCUT2D eigenvalue weighted by Gasteiger charge is -2.22. The zero-order valence-corrected chi connectivity index (χ0v) is 12.6. The Labute approximate surface area is 121 Å². The molecule has 2 unspecified atom stereocenters. The molecule has 5 heteroatoms. The van der Waals surface area contributed by atoms with Crippen LogP contribution in [0.4, 0.5) is 0 Å². The third-order valence-electron chi connectivity index (χ3n) is 4.76. The van der Waals surface area contributed by atoms with E-state index in [-0.39, 0.29) is 24.3 Å². The second-order valence-electron chi connectivity index (χ2n) is 6.59. The summed E-state index contributed by atoms with van der Waals surface area (Å²) in [6.07, 6.45) is 5.09. The van der Waals surface area contributed by atoms with Gasteiger partial charge in [-0.15, -0.1) is 0 Å². The van der Waals surface area contributed by atoms with Gasteiger partial charge in [0.05, 0.1) is 12.6 Å². The zero-order chi connectivity index (χ0) is 14.7. The minimum Gasteiger partial charge on any atom is -0.346 e. The van der Waals surface area contributed by atoms with E-state index in [4.69, 9.17) is 5.73 Å². The molecule has 2 rings (SSSR count). The predicted octanol–water partition coefficient (Wildman–Crippen LogP) is 0.735. The molecule has 1 saturated heterocycles. The van der Waals surface area contributed by atoms with Crippen molar-refractivity contribution in [1.82, 2.24) is 10.2 Å². The SMILES string of the molecule is CC(C)[C@H](N)C(=O)NCC(=O)N1CC2CCCCC2C1. The third-order valence-corrected chi connectivity index (χ3v) is 4.76. The van der Waals surface area contributed by atoms with E-state index in [0.717, 1.165) is 13.1 Å². The first-order valence-corrected chi connectivity index (χ1v) is 7.80. The molecule has 2 amide bonds. The van der Waals surface area contributed by atoms with Gasteiger partial charge in [-0.3, -0.25) is 9.59 Å². The van der Waals surface area contributed by atoms with Gasteiger partial charge in [-0.05, 0) is 30.6 Å². The number of nitrogens with zero attached hydrogens (tertiary/aromatic N) is 1. The minimum atomic E-state index is -0.538. The molecule has 3 N–H and O–H groups in total. The van der Waals surface area contributed by atoms with Crippen LogP contribution < -0.4 is 11.1 Å². The van der Waals surface area contributed by atoms with Gasteiger partial charge in [0.1, 0.15) is 0 Å². The normalized spacial score (nSPS) is 27.3. The molecular formula is C15H27N3O2. The van der Waals surface area contributed by atoms with Gasteiger partial charge in [0, 0.05) is 13.1 Å². The quantitative estimate of drug-likeness (QED) is 0.798. The van der Waals surface area contributed by atoms with E-state index >= 15 is 0 Å². The van der Waals surface area contributed by atoms with Crippen LogP contribution in [0, 0.1) is 17.8 Å². The topological polar surface area (TPSA) is 75.4 Å². The van der Waals surface area contributed by atoms with Crippen LogP contribution in [0.25, 0.3) is 0 Å². The Hall–Kier alpha value is -1.10. The lowest BCUT2D eigenvalue weighted by Crippen LogP contribution is -2.47. The molecule has 0 spiro atoms. The molecule has 1 heterocycles. The van der Waals surface area contributed by atoms with Crippen LogP contribution >= 0.6 is 0 Å². The van der Waals surface area contributed by atoms with Gasteiger partial charge in [0.25, 0.3) is 0 Å². The van der Waals surface area contributed by atoms with Gasteiger partial charge in [0.15, 0.2) is 0 Å². The number of rotatable bonds is 4. The van der Waals surface area contributed by atoms with Gasteiger partial charge < -0.3 is 16.0 Å². The van der Waals surface area contributed by atoms with Gasteiger partial charge in [0.2, 0.25) is 11.8 Å². The fourth-order valence-corrected chi connectivity index (χ4v) is 3.30. The molecule has 114 valence electrons. The Morgan fingerprint density at radius 1 is 1.20 bits per heavy atom. The molecule has 0 bridgehead atoms. The van der Waals surface area contributed by atoms with Crippen molar-refractivity contribution in [3.05, 3.63) is 0 Å². The molecule has 5 nitrogen and oxygen atoms in total. The predicted molar refractivity (Wildman–Crippen MR) is 77.9 cm³/mol. The van der Waals surface area contributed by atoms with Crippen LogP contribution in [-0.2, 0) is 9.59 Å². The number of likely N-dealkylation sites (tertiary alicyclic amines) is 1. The highest BCUT2D eigenvalue weighted by Crippen LogP contribution is 2.35. The smallest absolute Gasteiger partial charge is 0.241 e. The Kier molecular flexibility index (Phi) is 5.02. The summed E-state index contributed by atoms with van der Waals surface area (Å²) in [6.45, 7) is 5.62. The first-order chi connectivity index (χ1) is 9.49. The molecule has 1 aliphatic heterocycles. The summed E-state index contributed by atoms with van der Waals surface area (Å²) in [6, 6.07) is -0.538. The van der Waals surface area contributed by atoms with Gasteiger partial charge in [-0.2, -0.15) is 0 Å². The van der Waals surface area contributed by atoms with Crippen LogP contribution in [0.2, 0.25) is 0 Å². The van der Waals surface area contributed by atoms with E-state index in [1.807, 2.05) is 18.7 Å². The fraction of sp³-hybridized carbons (Fsp3) is 0.867. The van der Waals surface area contributed by atoms with Crippen molar-refractivity contribution in [3.63, 3.8) is 0 Å². The maximum atomic E-state index is 12.2. The molecule has 1 saturated carbocycles. The van der Waals surface area contributed by atoms with Crippen LogP contribution in [0.3, 0.4) is 0 Å². The number of fused-ring (bicyclic) bond motifs is 1. The van der Waals surface area contributed by atoms with Crippen LogP contribution in [-0.4, -0.2) is 42.4 Å². The minimum absolute atomic E-state index is 0.0312. The number of nitrogens with two attached hydrogens (primary N) is 1. The molecule has 1 aliphatic carbocycles. The first kappa shape index (κ1) is 15.3. The first-order valence-electron chi connectivity index (χ1n) is 7.80. The highest BCUT2D eigenvalue weighted by molar-refractivity contribution is 5.87.